The van der Waals surface area contributed by atoms with Gasteiger partial charge >= 0.3 is 5.97 Å². The van der Waals surface area contributed by atoms with E-state index in [1.807, 2.05) is 6.92 Å². The number of aliphatic hydroxyl groups excluding tert-OH is 2. The minimum Gasteiger partial charge on any atom is -0.491 e. The molecular formula is C14H20O5. The fraction of sp³-hybridized carbons (Fsp3) is 0.500. The summed E-state index contributed by atoms with van der Waals surface area (Å²) in [7, 11) is 0. The summed E-state index contributed by atoms with van der Waals surface area (Å²) in [5, 5.41) is 17.8. The maximum absolute atomic E-state index is 11.6. The normalized spacial score (nSPS) is 11.9. The molecule has 0 heterocycles. The molecule has 5 heteroatoms. The molecule has 0 aliphatic rings. The van der Waals surface area contributed by atoms with Gasteiger partial charge < -0.3 is 19.7 Å². The molecule has 0 saturated heterocycles. The van der Waals surface area contributed by atoms with E-state index < -0.39 is 6.10 Å². The number of hydrogen-bond donors (Lipinski definition) is 2. The summed E-state index contributed by atoms with van der Waals surface area (Å²) in [5.41, 5.74) is 0.464. The molecule has 1 aromatic rings. The third kappa shape index (κ3) is 5.72. The molecule has 0 aromatic heterocycles. The Morgan fingerprint density at radius 1 is 1.32 bits per heavy atom. The summed E-state index contributed by atoms with van der Waals surface area (Å²) in [4.78, 5) is 11.6. The highest BCUT2D eigenvalue weighted by Crippen LogP contribution is 2.13. The van der Waals surface area contributed by atoms with Crippen LogP contribution in [0.1, 0.15) is 30.1 Å². The van der Waals surface area contributed by atoms with E-state index in [0.717, 1.165) is 12.8 Å². The van der Waals surface area contributed by atoms with Gasteiger partial charge in [-0.25, -0.2) is 4.79 Å². The minimum absolute atomic E-state index is 0.0107. The number of unbranched alkanes of at least 4 members (excludes halogenated alkanes) is 1. The molecule has 1 rings (SSSR count). The van der Waals surface area contributed by atoms with Crippen molar-refractivity contribution in [1.29, 1.82) is 0 Å². The molecule has 0 aliphatic heterocycles. The van der Waals surface area contributed by atoms with Crippen LogP contribution in [0.15, 0.2) is 24.3 Å². The van der Waals surface area contributed by atoms with E-state index in [9.17, 15) is 4.79 Å². The second kappa shape index (κ2) is 8.50. The van der Waals surface area contributed by atoms with Gasteiger partial charge in [0.25, 0.3) is 0 Å². The van der Waals surface area contributed by atoms with Gasteiger partial charge in [-0.2, -0.15) is 0 Å². The highest BCUT2D eigenvalue weighted by atomic mass is 16.5. The first-order valence-electron chi connectivity index (χ1n) is 6.36. The van der Waals surface area contributed by atoms with E-state index in [-0.39, 0.29) is 19.2 Å². The van der Waals surface area contributed by atoms with Gasteiger partial charge in [0.15, 0.2) is 0 Å². The van der Waals surface area contributed by atoms with Crippen LogP contribution >= 0.6 is 0 Å². The predicted octanol–water partition coefficient (Wildman–Crippen LogP) is 1.38. The molecule has 0 saturated carbocycles. The Labute approximate surface area is 112 Å². The summed E-state index contributed by atoms with van der Waals surface area (Å²) in [6, 6.07) is 6.46. The third-order valence-electron chi connectivity index (χ3n) is 2.47. The topological polar surface area (TPSA) is 76.0 Å². The second-order valence-electron chi connectivity index (χ2n) is 4.16. The molecule has 1 unspecified atom stereocenters. The van der Waals surface area contributed by atoms with Crippen LogP contribution in [0, 0.1) is 0 Å². The van der Waals surface area contributed by atoms with Gasteiger partial charge in [0, 0.05) is 0 Å². The fourth-order valence-electron chi connectivity index (χ4n) is 1.32. The Balaban J connectivity index is 2.44. The molecule has 1 aromatic carbocycles. The molecule has 106 valence electrons. The highest BCUT2D eigenvalue weighted by molar-refractivity contribution is 5.89. The smallest absolute Gasteiger partial charge is 0.338 e. The molecule has 1 atom stereocenters. The third-order valence-corrected chi connectivity index (χ3v) is 2.47. The van der Waals surface area contributed by atoms with Crippen molar-refractivity contribution in [2.45, 2.75) is 25.9 Å². The van der Waals surface area contributed by atoms with Crippen molar-refractivity contribution in [2.75, 3.05) is 19.8 Å². The monoisotopic (exact) mass is 268 g/mol. The summed E-state index contributed by atoms with van der Waals surface area (Å²) >= 11 is 0. The lowest BCUT2D eigenvalue weighted by molar-refractivity contribution is 0.0498. The molecular weight excluding hydrogens is 248 g/mol. The zero-order valence-corrected chi connectivity index (χ0v) is 11.0. The lowest BCUT2D eigenvalue weighted by Crippen LogP contribution is -2.21. The summed E-state index contributed by atoms with van der Waals surface area (Å²) in [6.07, 6.45) is 0.929. The predicted molar refractivity (Wildman–Crippen MR) is 70.2 cm³/mol. The van der Waals surface area contributed by atoms with Crippen LogP contribution in [0.5, 0.6) is 5.75 Å². The van der Waals surface area contributed by atoms with Crippen LogP contribution in [0.25, 0.3) is 0 Å². The average molecular weight is 268 g/mol. The summed E-state index contributed by atoms with van der Waals surface area (Å²) < 4.78 is 10.3. The maximum Gasteiger partial charge on any atom is 0.338 e. The summed E-state index contributed by atoms with van der Waals surface area (Å²) in [6.45, 7) is 2.12. The Morgan fingerprint density at radius 2 is 2.00 bits per heavy atom. The maximum atomic E-state index is 11.6. The number of ether oxygens (including phenoxy) is 2. The number of carbonyl (C=O) groups is 1. The van der Waals surface area contributed by atoms with Crippen LogP contribution in [-0.2, 0) is 4.74 Å². The number of esters is 1. The van der Waals surface area contributed by atoms with Gasteiger partial charge in [0.05, 0.1) is 18.8 Å². The van der Waals surface area contributed by atoms with E-state index >= 15 is 0 Å². The lowest BCUT2D eigenvalue weighted by Gasteiger charge is -2.10. The zero-order chi connectivity index (χ0) is 14.1. The Morgan fingerprint density at radius 3 is 2.58 bits per heavy atom. The van der Waals surface area contributed by atoms with Crippen LogP contribution in [0.3, 0.4) is 0 Å². The van der Waals surface area contributed by atoms with Crippen molar-refractivity contribution in [2.24, 2.45) is 0 Å². The number of rotatable bonds is 8. The Bertz CT molecular complexity index is 374. The quantitative estimate of drug-likeness (QED) is 0.550. The van der Waals surface area contributed by atoms with E-state index in [1.54, 1.807) is 24.3 Å². The van der Waals surface area contributed by atoms with E-state index in [2.05, 4.69) is 0 Å². The van der Waals surface area contributed by atoms with Gasteiger partial charge in [-0.3, -0.25) is 0 Å². The largest absolute Gasteiger partial charge is 0.491 e. The van der Waals surface area contributed by atoms with Gasteiger partial charge in [-0.15, -0.1) is 0 Å². The molecule has 0 radical (unpaired) electrons. The molecule has 0 bridgehead atoms. The van der Waals surface area contributed by atoms with E-state index in [4.69, 9.17) is 19.7 Å². The molecule has 0 amide bonds. The van der Waals surface area contributed by atoms with Gasteiger partial charge in [-0.1, -0.05) is 13.3 Å². The molecule has 2 N–H and O–H groups in total. The van der Waals surface area contributed by atoms with Crippen molar-refractivity contribution in [3.05, 3.63) is 29.8 Å². The van der Waals surface area contributed by atoms with Crippen molar-refractivity contribution in [1.82, 2.24) is 0 Å². The summed E-state index contributed by atoms with van der Waals surface area (Å²) in [5.74, 6) is 0.174. The first kappa shape index (κ1) is 15.5. The molecule has 0 spiro atoms. The highest BCUT2D eigenvalue weighted by Gasteiger charge is 2.07. The molecule has 0 aliphatic carbocycles. The second-order valence-corrected chi connectivity index (χ2v) is 4.16. The van der Waals surface area contributed by atoms with Crippen LogP contribution in [0.2, 0.25) is 0 Å². The van der Waals surface area contributed by atoms with Gasteiger partial charge in [0.1, 0.15) is 18.5 Å². The number of benzene rings is 1. The SMILES string of the molecule is CCCCOC(=O)c1ccc(OCC(O)CO)cc1. The first-order chi connectivity index (χ1) is 9.17. The van der Waals surface area contributed by atoms with Crippen LogP contribution < -0.4 is 4.74 Å². The van der Waals surface area contributed by atoms with Gasteiger partial charge in [-0.05, 0) is 30.7 Å². The average Bonchev–Trinajstić information content (AvgIpc) is 2.45. The van der Waals surface area contributed by atoms with E-state index in [0.29, 0.717) is 17.9 Å². The molecule has 0 fully saturated rings. The van der Waals surface area contributed by atoms with E-state index in [1.165, 1.54) is 0 Å². The van der Waals surface area contributed by atoms with Crippen molar-refractivity contribution < 1.29 is 24.5 Å². The number of hydrogen-bond acceptors (Lipinski definition) is 5. The van der Waals surface area contributed by atoms with Gasteiger partial charge in [0.2, 0.25) is 0 Å². The van der Waals surface area contributed by atoms with Crippen molar-refractivity contribution >= 4 is 5.97 Å². The molecule has 19 heavy (non-hydrogen) atoms. The van der Waals surface area contributed by atoms with Crippen LogP contribution in [-0.4, -0.2) is 42.1 Å². The fourth-order valence-corrected chi connectivity index (χ4v) is 1.32. The zero-order valence-electron chi connectivity index (χ0n) is 11.0. The van der Waals surface area contributed by atoms with Crippen LogP contribution in [0.4, 0.5) is 0 Å². The Kier molecular flexibility index (Phi) is 6.92. The van der Waals surface area contributed by atoms with Crippen molar-refractivity contribution in [3.8, 4) is 5.75 Å². The molecule has 5 nitrogen and oxygen atoms in total. The minimum atomic E-state index is -0.904. The van der Waals surface area contributed by atoms with Crippen molar-refractivity contribution in [3.63, 3.8) is 0 Å². The first-order valence-corrected chi connectivity index (χ1v) is 6.36. The standard InChI is InChI=1S/C14H20O5/c1-2-3-8-18-14(17)11-4-6-13(7-5-11)19-10-12(16)9-15/h4-7,12,15-16H,2-3,8-10H2,1H3. The number of carbonyl (C=O) groups excluding carboxylic acids is 1. The lowest BCUT2D eigenvalue weighted by atomic mass is 10.2. The number of aliphatic hydroxyl groups is 2. The Hall–Kier alpha value is -1.59.